The minimum absolute atomic E-state index is 0.0199. The van der Waals surface area contributed by atoms with Crippen molar-refractivity contribution in [1.82, 2.24) is 15.1 Å². The Labute approximate surface area is 132 Å². The van der Waals surface area contributed by atoms with Gasteiger partial charge in [0, 0.05) is 19.2 Å². The van der Waals surface area contributed by atoms with E-state index in [1.165, 1.54) is 12.3 Å². The average Bonchev–Trinajstić information content (AvgIpc) is 3.15. The van der Waals surface area contributed by atoms with Crippen LogP contribution in [0.5, 0.6) is 0 Å². The summed E-state index contributed by atoms with van der Waals surface area (Å²) in [4.78, 5) is 21.9. The zero-order chi connectivity index (χ0) is 15.7. The van der Waals surface area contributed by atoms with Crippen molar-refractivity contribution in [1.29, 1.82) is 0 Å². The molecule has 7 nitrogen and oxygen atoms in total. The molecule has 0 unspecified atom stereocenters. The molecule has 1 saturated heterocycles. The number of aryl methyl sites for hydroxylation is 1. The van der Waals surface area contributed by atoms with Crippen LogP contribution in [0, 0.1) is 0 Å². The van der Waals surface area contributed by atoms with E-state index in [2.05, 4.69) is 15.1 Å². The molecule has 2 N–H and O–H groups in total. The molecule has 22 heavy (non-hydrogen) atoms. The molecule has 1 aliphatic heterocycles. The number of hydrogen-bond donors (Lipinski definition) is 1. The molecule has 2 aromatic rings. The summed E-state index contributed by atoms with van der Waals surface area (Å²) in [5.41, 5.74) is 5.53. The van der Waals surface area contributed by atoms with E-state index >= 15 is 0 Å². The highest BCUT2D eigenvalue weighted by molar-refractivity contribution is 6.33. The molecular formula is C14H16ClN5O2. The van der Waals surface area contributed by atoms with Crippen LogP contribution in [0.1, 0.15) is 47.9 Å². The van der Waals surface area contributed by atoms with Crippen LogP contribution in [0.25, 0.3) is 0 Å². The third-order valence-corrected chi connectivity index (χ3v) is 3.99. The minimum atomic E-state index is -0.551. The number of anilines is 1. The van der Waals surface area contributed by atoms with Crippen molar-refractivity contribution in [2.75, 3.05) is 11.4 Å². The molecule has 3 rings (SSSR count). The maximum atomic E-state index is 11.2. The number of carbonyl (C=O) groups excluding carboxylic acids is 1. The number of primary amides is 1. The zero-order valence-electron chi connectivity index (χ0n) is 12.1. The number of carbonyl (C=O) groups is 1. The number of halogens is 1. The second kappa shape index (κ2) is 5.92. The molecule has 1 fully saturated rings. The summed E-state index contributed by atoms with van der Waals surface area (Å²) in [5, 5.41) is 4.44. The number of nitrogens with zero attached hydrogens (tertiary/aromatic N) is 4. The van der Waals surface area contributed by atoms with Gasteiger partial charge < -0.3 is 15.2 Å². The molecular weight excluding hydrogens is 306 g/mol. The number of nitrogens with two attached hydrogens (primary N) is 1. The van der Waals surface area contributed by atoms with E-state index in [0.29, 0.717) is 29.0 Å². The van der Waals surface area contributed by atoms with Gasteiger partial charge in [-0.2, -0.15) is 4.98 Å². The summed E-state index contributed by atoms with van der Waals surface area (Å²) < 4.78 is 5.19. The third-order valence-electron chi connectivity index (χ3n) is 3.72. The van der Waals surface area contributed by atoms with E-state index in [4.69, 9.17) is 21.9 Å². The van der Waals surface area contributed by atoms with Crippen LogP contribution in [0.2, 0.25) is 5.02 Å². The lowest BCUT2D eigenvalue weighted by Crippen LogP contribution is -2.25. The first-order chi connectivity index (χ1) is 10.6. The van der Waals surface area contributed by atoms with Crippen LogP contribution in [0.15, 0.2) is 16.8 Å². The van der Waals surface area contributed by atoms with Gasteiger partial charge in [-0.15, -0.1) is 0 Å². The molecule has 0 spiro atoms. The van der Waals surface area contributed by atoms with Gasteiger partial charge >= 0.3 is 0 Å². The van der Waals surface area contributed by atoms with E-state index in [0.717, 1.165) is 19.4 Å². The van der Waals surface area contributed by atoms with Gasteiger partial charge in [0.25, 0.3) is 0 Å². The Morgan fingerprint density at radius 3 is 3.05 bits per heavy atom. The Kier molecular flexibility index (Phi) is 3.98. The minimum Gasteiger partial charge on any atom is -0.366 e. The molecule has 0 radical (unpaired) electrons. The van der Waals surface area contributed by atoms with Crippen molar-refractivity contribution < 1.29 is 9.32 Å². The van der Waals surface area contributed by atoms with Gasteiger partial charge in [-0.1, -0.05) is 23.7 Å². The maximum Gasteiger partial charge on any atom is 0.250 e. The third kappa shape index (κ3) is 2.64. The fourth-order valence-corrected chi connectivity index (χ4v) is 2.89. The molecule has 3 heterocycles. The Hall–Kier alpha value is -2.15. The second-order valence-corrected chi connectivity index (χ2v) is 5.55. The van der Waals surface area contributed by atoms with E-state index in [9.17, 15) is 4.79 Å². The van der Waals surface area contributed by atoms with Crippen LogP contribution in [0.4, 0.5) is 5.82 Å². The van der Waals surface area contributed by atoms with E-state index in [-0.39, 0.29) is 11.6 Å². The standard InChI is InChI=1S/C14H16ClN5O2/c1-2-11-18-13(19-22-11)10-4-3-5-20(10)14-9(15)6-8(7-17-14)12(16)21/h6-7,10H,2-5H2,1H3,(H2,16,21)/t10-/m0/s1. The van der Waals surface area contributed by atoms with Gasteiger partial charge in [0.15, 0.2) is 5.82 Å². The van der Waals surface area contributed by atoms with Gasteiger partial charge in [0.1, 0.15) is 5.82 Å². The lowest BCUT2D eigenvalue weighted by Gasteiger charge is -2.24. The first-order valence-corrected chi connectivity index (χ1v) is 7.52. The number of amides is 1. The fraction of sp³-hybridized carbons (Fsp3) is 0.429. The molecule has 0 aliphatic carbocycles. The van der Waals surface area contributed by atoms with Crippen molar-refractivity contribution in [3.05, 3.63) is 34.6 Å². The Morgan fingerprint density at radius 2 is 2.41 bits per heavy atom. The Balaban J connectivity index is 1.91. The molecule has 1 amide bonds. The van der Waals surface area contributed by atoms with Crippen LogP contribution in [0.3, 0.4) is 0 Å². The predicted octanol–water partition coefficient (Wildman–Crippen LogP) is 2.12. The molecule has 0 aromatic carbocycles. The normalized spacial score (nSPS) is 17.9. The Bertz CT molecular complexity index is 702. The lowest BCUT2D eigenvalue weighted by atomic mass is 10.2. The maximum absolute atomic E-state index is 11.2. The molecule has 0 bridgehead atoms. The van der Waals surface area contributed by atoms with E-state index in [1.54, 1.807) is 0 Å². The highest BCUT2D eigenvalue weighted by atomic mass is 35.5. The zero-order valence-corrected chi connectivity index (χ0v) is 12.9. The van der Waals surface area contributed by atoms with Crippen molar-refractivity contribution in [2.45, 2.75) is 32.2 Å². The fourth-order valence-electron chi connectivity index (χ4n) is 2.61. The predicted molar refractivity (Wildman–Crippen MR) is 80.8 cm³/mol. The summed E-state index contributed by atoms with van der Waals surface area (Å²) in [6, 6.07) is 1.52. The molecule has 1 atom stereocenters. The van der Waals surface area contributed by atoms with Crippen LogP contribution < -0.4 is 10.6 Å². The number of pyridine rings is 1. The molecule has 1 aliphatic rings. The van der Waals surface area contributed by atoms with Crippen molar-refractivity contribution >= 4 is 23.3 Å². The largest absolute Gasteiger partial charge is 0.366 e. The van der Waals surface area contributed by atoms with Gasteiger partial charge in [-0.3, -0.25) is 4.79 Å². The van der Waals surface area contributed by atoms with Crippen LogP contribution in [-0.2, 0) is 6.42 Å². The van der Waals surface area contributed by atoms with Crippen LogP contribution in [-0.4, -0.2) is 27.6 Å². The van der Waals surface area contributed by atoms with Crippen molar-refractivity contribution in [3.63, 3.8) is 0 Å². The SMILES string of the molecule is CCc1nc([C@@H]2CCCN2c2ncc(C(N)=O)cc2Cl)no1. The smallest absolute Gasteiger partial charge is 0.250 e. The summed E-state index contributed by atoms with van der Waals surface area (Å²) in [6.45, 7) is 2.76. The second-order valence-electron chi connectivity index (χ2n) is 5.14. The van der Waals surface area contributed by atoms with Gasteiger partial charge in [-0.05, 0) is 18.9 Å². The first-order valence-electron chi connectivity index (χ1n) is 7.14. The van der Waals surface area contributed by atoms with E-state index < -0.39 is 5.91 Å². The summed E-state index contributed by atoms with van der Waals surface area (Å²) in [5.74, 6) is 1.32. The van der Waals surface area contributed by atoms with Crippen LogP contribution >= 0.6 is 11.6 Å². The first kappa shape index (κ1) is 14.8. The summed E-state index contributed by atoms with van der Waals surface area (Å²) in [7, 11) is 0. The van der Waals surface area contributed by atoms with Gasteiger partial charge in [0.05, 0.1) is 16.6 Å². The molecule has 0 saturated carbocycles. The lowest BCUT2D eigenvalue weighted by molar-refractivity contribution is 0.1000. The number of aromatic nitrogens is 3. The Morgan fingerprint density at radius 1 is 1.59 bits per heavy atom. The molecule has 8 heteroatoms. The highest BCUT2D eigenvalue weighted by Crippen LogP contribution is 2.37. The summed E-state index contributed by atoms with van der Waals surface area (Å²) in [6.07, 6.45) is 4.02. The summed E-state index contributed by atoms with van der Waals surface area (Å²) >= 11 is 6.26. The topological polar surface area (TPSA) is 98.1 Å². The highest BCUT2D eigenvalue weighted by Gasteiger charge is 2.32. The van der Waals surface area contributed by atoms with Crippen molar-refractivity contribution in [2.24, 2.45) is 5.73 Å². The molecule has 116 valence electrons. The molecule has 2 aromatic heterocycles. The van der Waals surface area contributed by atoms with Crippen molar-refractivity contribution in [3.8, 4) is 0 Å². The number of rotatable bonds is 4. The van der Waals surface area contributed by atoms with E-state index in [1.807, 2.05) is 11.8 Å². The monoisotopic (exact) mass is 321 g/mol. The average molecular weight is 322 g/mol. The number of hydrogen-bond acceptors (Lipinski definition) is 6. The quantitative estimate of drug-likeness (QED) is 0.926. The van der Waals surface area contributed by atoms with Gasteiger partial charge in [-0.25, -0.2) is 4.98 Å². The van der Waals surface area contributed by atoms with Gasteiger partial charge in [0.2, 0.25) is 11.8 Å².